The Labute approximate surface area is 103 Å². The van der Waals surface area contributed by atoms with Crippen LogP contribution in [0.1, 0.15) is 45.4 Å². The Morgan fingerprint density at radius 2 is 2.06 bits per heavy atom. The van der Waals surface area contributed by atoms with Gasteiger partial charge in [-0.1, -0.05) is 13.3 Å². The number of carbonyl (C=O) groups is 1. The Kier molecular flexibility index (Phi) is 6.21. The van der Waals surface area contributed by atoms with Crippen molar-refractivity contribution in [1.29, 1.82) is 0 Å². The van der Waals surface area contributed by atoms with Crippen molar-refractivity contribution < 1.29 is 4.79 Å². The number of hydrogen-bond donors (Lipinski definition) is 2. The van der Waals surface area contributed by atoms with Crippen LogP contribution in [-0.4, -0.2) is 29.5 Å². The lowest BCUT2D eigenvalue weighted by molar-refractivity contribution is -0.123. The Morgan fingerprint density at radius 3 is 2.56 bits per heavy atom. The molecule has 1 aliphatic carbocycles. The number of rotatable bonds is 5. The summed E-state index contributed by atoms with van der Waals surface area (Å²) in [5.41, 5.74) is 5.78. The highest BCUT2D eigenvalue weighted by Crippen LogP contribution is 2.26. The van der Waals surface area contributed by atoms with Crippen molar-refractivity contribution in [1.82, 2.24) is 5.32 Å². The van der Waals surface area contributed by atoms with Crippen LogP contribution >= 0.6 is 11.8 Å². The molecule has 94 valence electrons. The van der Waals surface area contributed by atoms with Gasteiger partial charge in [-0.05, 0) is 38.4 Å². The van der Waals surface area contributed by atoms with E-state index in [-0.39, 0.29) is 11.9 Å². The highest BCUT2D eigenvalue weighted by Gasteiger charge is 2.23. The van der Waals surface area contributed by atoms with Gasteiger partial charge in [0.05, 0.1) is 6.04 Å². The first-order valence-electron chi connectivity index (χ1n) is 6.26. The molecule has 1 saturated carbocycles. The van der Waals surface area contributed by atoms with E-state index < -0.39 is 0 Å². The summed E-state index contributed by atoms with van der Waals surface area (Å²) in [7, 11) is 0. The average Bonchev–Trinajstić information content (AvgIpc) is 2.30. The van der Waals surface area contributed by atoms with Crippen LogP contribution in [-0.2, 0) is 4.79 Å². The zero-order chi connectivity index (χ0) is 12.0. The number of amides is 1. The minimum atomic E-state index is -0.316. The van der Waals surface area contributed by atoms with E-state index in [9.17, 15) is 4.79 Å². The Bertz CT molecular complexity index is 215. The fourth-order valence-corrected chi connectivity index (χ4v) is 2.94. The molecular formula is C12H24N2OS. The van der Waals surface area contributed by atoms with Gasteiger partial charge in [0.1, 0.15) is 0 Å². The summed E-state index contributed by atoms with van der Waals surface area (Å²) in [6, 6.07) is 0.0436. The molecule has 1 fully saturated rings. The molecule has 0 spiro atoms. The van der Waals surface area contributed by atoms with Gasteiger partial charge in [0.15, 0.2) is 0 Å². The average molecular weight is 244 g/mol. The van der Waals surface area contributed by atoms with Crippen LogP contribution in [0.15, 0.2) is 0 Å². The van der Waals surface area contributed by atoms with Crippen LogP contribution in [0.25, 0.3) is 0 Å². The van der Waals surface area contributed by atoms with Gasteiger partial charge in [-0.25, -0.2) is 0 Å². The van der Waals surface area contributed by atoms with Crippen LogP contribution in [0.2, 0.25) is 0 Å². The summed E-state index contributed by atoms with van der Waals surface area (Å²) < 4.78 is 0. The molecule has 3 nitrogen and oxygen atoms in total. The van der Waals surface area contributed by atoms with Crippen LogP contribution in [0.5, 0.6) is 0 Å². The monoisotopic (exact) mass is 244 g/mol. The molecule has 1 atom stereocenters. The highest BCUT2D eigenvalue weighted by atomic mass is 32.2. The number of nitrogens with two attached hydrogens (primary N) is 1. The smallest absolute Gasteiger partial charge is 0.237 e. The topological polar surface area (TPSA) is 55.1 Å². The minimum Gasteiger partial charge on any atom is -0.352 e. The maximum atomic E-state index is 11.7. The third-order valence-corrected chi connectivity index (χ3v) is 4.43. The largest absolute Gasteiger partial charge is 0.352 e. The fourth-order valence-electron chi connectivity index (χ4n) is 2.19. The summed E-state index contributed by atoms with van der Waals surface area (Å²) in [5.74, 6) is 0.0365. The van der Waals surface area contributed by atoms with E-state index in [1.54, 1.807) is 0 Å². The second kappa shape index (κ2) is 7.17. The summed E-state index contributed by atoms with van der Waals surface area (Å²) in [6.07, 6.45) is 8.57. The lowest BCUT2D eigenvalue weighted by atomic mass is 9.94. The van der Waals surface area contributed by atoms with E-state index in [1.165, 1.54) is 12.8 Å². The van der Waals surface area contributed by atoms with Crippen LogP contribution in [0, 0.1) is 0 Å². The van der Waals surface area contributed by atoms with Crippen molar-refractivity contribution in [3.05, 3.63) is 0 Å². The minimum absolute atomic E-state index is 0.0365. The summed E-state index contributed by atoms with van der Waals surface area (Å²) >= 11 is 1.94. The maximum absolute atomic E-state index is 11.7. The quantitative estimate of drug-likeness (QED) is 0.776. The maximum Gasteiger partial charge on any atom is 0.237 e. The normalized spacial score (nSPS) is 27.4. The molecule has 16 heavy (non-hydrogen) atoms. The van der Waals surface area contributed by atoms with Gasteiger partial charge in [-0.2, -0.15) is 11.8 Å². The molecular weight excluding hydrogens is 220 g/mol. The van der Waals surface area contributed by atoms with Gasteiger partial charge in [-0.3, -0.25) is 4.79 Å². The summed E-state index contributed by atoms with van der Waals surface area (Å²) in [5, 5.41) is 3.86. The van der Waals surface area contributed by atoms with Crippen molar-refractivity contribution in [2.75, 3.05) is 6.26 Å². The second-order valence-corrected chi connectivity index (χ2v) is 5.75. The van der Waals surface area contributed by atoms with E-state index in [2.05, 4.69) is 18.5 Å². The van der Waals surface area contributed by atoms with Crippen molar-refractivity contribution in [3.63, 3.8) is 0 Å². The molecule has 1 unspecified atom stereocenters. The Hall–Kier alpha value is -0.220. The van der Waals surface area contributed by atoms with Gasteiger partial charge >= 0.3 is 0 Å². The van der Waals surface area contributed by atoms with E-state index in [4.69, 9.17) is 5.73 Å². The number of thioether (sulfide) groups is 1. The first kappa shape index (κ1) is 13.8. The molecule has 0 saturated heterocycles. The van der Waals surface area contributed by atoms with Crippen LogP contribution < -0.4 is 11.1 Å². The number of nitrogens with one attached hydrogen (secondary N) is 1. The SMILES string of the molecule is CCCC(N)C(=O)NC1CCC(SC)CC1. The predicted octanol–water partition coefficient (Wildman–Crippen LogP) is 1.90. The molecule has 0 heterocycles. The standard InChI is InChI=1S/C12H24N2OS/c1-3-4-11(13)12(15)14-9-5-7-10(16-2)8-6-9/h9-11H,3-8,13H2,1-2H3,(H,14,15). The zero-order valence-electron chi connectivity index (χ0n) is 10.4. The molecule has 0 aromatic rings. The molecule has 0 aliphatic heterocycles. The van der Waals surface area contributed by atoms with E-state index in [0.29, 0.717) is 6.04 Å². The van der Waals surface area contributed by atoms with E-state index in [0.717, 1.165) is 30.9 Å². The zero-order valence-corrected chi connectivity index (χ0v) is 11.2. The molecule has 0 aromatic carbocycles. The van der Waals surface area contributed by atoms with Gasteiger partial charge in [0.25, 0.3) is 0 Å². The molecule has 0 radical (unpaired) electrons. The molecule has 1 aliphatic rings. The highest BCUT2D eigenvalue weighted by molar-refractivity contribution is 7.99. The lowest BCUT2D eigenvalue weighted by Crippen LogP contribution is -2.46. The van der Waals surface area contributed by atoms with Gasteiger partial charge in [0, 0.05) is 11.3 Å². The van der Waals surface area contributed by atoms with Crippen LogP contribution in [0.3, 0.4) is 0 Å². The molecule has 1 rings (SSSR count). The van der Waals surface area contributed by atoms with Gasteiger partial charge in [0.2, 0.25) is 5.91 Å². The Balaban J connectivity index is 2.25. The summed E-state index contributed by atoms with van der Waals surface area (Å²) in [6.45, 7) is 2.05. The van der Waals surface area contributed by atoms with Crippen molar-refractivity contribution in [2.45, 2.75) is 62.8 Å². The molecule has 1 amide bonds. The van der Waals surface area contributed by atoms with Gasteiger partial charge < -0.3 is 11.1 Å². The van der Waals surface area contributed by atoms with E-state index >= 15 is 0 Å². The van der Waals surface area contributed by atoms with Crippen molar-refractivity contribution >= 4 is 17.7 Å². The Morgan fingerprint density at radius 1 is 1.44 bits per heavy atom. The van der Waals surface area contributed by atoms with Crippen molar-refractivity contribution in [2.24, 2.45) is 5.73 Å². The first-order valence-corrected chi connectivity index (χ1v) is 7.55. The molecule has 4 heteroatoms. The molecule has 3 N–H and O–H groups in total. The number of carbonyl (C=O) groups excluding carboxylic acids is 1. The summed E-state index contributed by atoms with van der Waals surface area (Å²) in [4.78, 5) is 11.7. The predicted molar refractivity (Wildman–Crippen MR) is 70.6 cm³/mol. The third kappa shape index (κ3) is 4.34. The second-order valence-electron chi connectivity index (χ2n) is 4.61. The fraction of sp³-hybridized carbons (Fsp3) is 0.917. The molecule has 0 bridgehead atoms. The van der Waals surface area contributed by atoms with E-state index in [1.807, 2.05) is 11.8 Å². The van der Waals surface area contributed by atoms with Crippen LogP contribution in [0.4, 0.5) is 0 Å². The molecule has 0 aromatic heterocycles. The van der Waals surface area contributed by atoms with Gasteiger partial charge in [-0.15, -0.1) is 0 Å². The first-order chi connectivity index (χ1) is 7.67. The number of hydrogen-bond acceptors (Lipinski definition) is 3. The lowest BCUT2D eigenvalue weighted by Gasteiger charge is -2.28. The van der Waals surface area contributed by atoms with Crippen molar-refractivity contribution in [3.8, 4) is 0 Å². The third-order valence-electron chi connectivity index (χ3n) is 3.29.